The van der Waals surface area contributed by atoms with E-state index in [0.717, 1.165) is 4.90 Å². The third-order valence-electron chi connectivity index (χ3n) is 3.54. The van der Waals surface area contributed by atoms with Crippen molar-refractivity contribution in [3.8, 4) is 11.5 Å². The first kappa shape index (κ1) is 14.3. The fourth-order valence-electron chi connectivity index (χ4n) is 2.29. The average molecular weight is 278 g/mol. The number of benzene rings is 1. The molecule has 2 amide bonds. The first-order valence-corrected chi connectivity index (χ1v) is 6.37. The second kappa shape index (κ2) is 5.50. The van der Waals surface area contributed by atoms with Gasteiger partial charge in [0.05, 0.1) is 19.6 Å². The number of rotatable bonds is 4. The quantitative estimate of drug-likeness (QED) is 0.797. The Morgan fingerprint density at radius 2 is 2.15 bits per heavy atom. The van der Waals surface area contributed by atoms with E-state index in [2.05, 4.69) is 5.32 Å². The zero-order valence-electron chi connectivity index (χ0n) is 11.7. The largest absolute Gasteiger partial charge is 0.507 e. The molecule has 0 aromatic heterocycles. The van der Waals surface area contributed by atoms with Gasteiger partial charge in [-0.05, 0) is 13.0 Å². The number of methoxy groups -OCH3 is 1. The minimum atomic E-state index is -0.538. The Balaban J connectivity index is 2.11. The number of carbonyl (C=O) groups is 2. The van der Waals surface area contributed by atoms with Gasteiger partial charge in [-0.15, -0.1) is 0 Å². The molecule has 1 aromatic carbocycles. The number of likely N-dealkylation sites (N-methyl/N-ethyl adjacent to an activating group) is 1. The molecule has 6 nitrogen and oxygen atoms in total. The Hall–Kier alpha value is -2.08. The van der Waals surface area contributed by atoms with E-state index in [0.29, 0.717) is 11.3 Å². The Morgan fingerprint density at radius 3 is 2.65 bits per heavy atom. The van der Waals surface area contributed by atoms with Crippen molar-refractivity contribution >= 4 is 11.8 Å². The SMILES string of the molecule is COc1ccc(C(C)NC2CC(=O)N(C)C2=O)c(O)c1. The predicted molar refractivity (Wildman–Crippen MR) is 72.4 cm³/mol. The molecule has 2 rings (SSSR count). The number of phenols is 1. The summed E-state index contributed by atoms with van der Waals surface area (Å²) in [6, 6.07) is 4.19. The molecule has 1 saturated heterocycles. The van der Waals surface area contributed by atoms with Gasteiger partial charge in [0.2, 0.25) is 11.8 Å². The first-order valence-electron chi connectivity index (χ1n) is 6.37. The molecular weight excluding hydrogens is 260 g/mol. The number of nitrogens with one attached hydrogen (secondary N) is 1. The smallest absolute Gasteiger partial charge is 0.246 e. The lowest BCUT2D eigenvalue weighted by atomic mass is 10.1. The highest BCUT2D eigenvalue weighted by Gasteiger charge is 2.36. The van der Waals surface area contributed by atoms with Crippen molar-refractivity contribution in [3.05, 3.63) is 23.8 Å². The molecule has 2 atom stereocenters. The molecule has 0 bridgehead atoms. The lowest BCUT2D eigenvalue weighted by molar-refractivity contribution is -0.137. The second-order valence-electron chi connectivity index (χ2n) is 4.86. The Morgan fingerprint density at radius 1 is 1.45 bits per heavy atom. The molecule has 1 aromatic rings. The fraction of sp³-hybridized carbons (Fsp3) is 0.429. The van der Waals surface area contributed by atoms with Crippen LogP contribution in [-0.4, -0.2) is 42.0 Å². The lowest BCUT2D eigenvalue weighted by Gasteiger charge is -2.19. The van der Waals surface area contributed by atoms with Crippen LogP contribution in [-0.2, 0) is 9.59 Å². The minimum Gasteiger partial charge on any atom is -0.507 e. The van der Waals surface area contributed by atoms with E-state index in [1.807, 2.05) is 6.92 Å². The van der Waals surface area contributed by atoms with Crippen molar-refractivity contribution in [1.29, 1.82) is 0 Å². The number of phenolic OH excluding ortho intramolecular Hbond substituents is 1. The van der Waals surface area contributed by atoms with Crippen molar-refractivity contribution in [2.45, 2.75) is 25.4 Å². The summed E-state index contributed by atoms with van der Waals surface area (Å²) in [5.41, 5.74) is 0.653. The minimum absolute atomic E-state index is 0.0921. The standard InChI is InChI=1S/C14H18N2O4/c1-8(10-5-4-9(20-3)6-12(10)17)15-11-7-13(18)16(2)14(11)19/h4-6,8,11,15,17H,7H2,1-3H3. The van der Waals surface area contributed by atoms with E-state index >= 15 is 0 Å². The molecule has 0 aliphatic carbocycles. The highest BCUT2D eigenvalue weighted by atomic mass is 16.5. The monoisotopic (exact) mass is 278 g/mol. The van der Waals surface area contributed by atoms with Gasteiger partial charge in [0.25, 0.3) is 0 Å². The van der Waals surface area contributed by atoms with Crippen LogP contribution in [0.5, 0.6) is 11.5 Å². The zero-order valence-corrected chi connectivity index (χ0v) is 11.7. The molecule has 1 aliphatic heterocycles. The summed E-state index contributed by atoms with van der Waals surface area (Å²) in [7, 11) is 3.00. The van der Waals surface area contributed by atoms with E-state index in [-0.39, 0.29) is 30.0 Å². The summed E-state index contributed by atoms with van der Waals surface area (Å²) in [6.45, 7) is 1.83. The lowest BCUT2D eigenvalue weighted by Crippen LogP contribution is -2.38. The molecule has 0 radical (unpaired) electrons. The maximum atomic E-state index is 11.8. The van der Waals surface area contributed by atoms with Crippen molar-refractivity contribution in [3.63, 3.8) is 0 Å². The van der Waals surface area contributed by atoms with Crippen molar-refractivity contribution in [1.82, 2.24) is 10.2 Å². The van der Waals surface area contributed by atoms with Gasteiger partial charge in [0, 0.05) is 24.7 Å². The number of imide groups is 1. The number of carbonyl (C=O) groups excluding carboxylic acids is 2. The molecule has 2 unspecified atom stereocenters. The number of ether oxygens (including phenoxy) is 1. The maximum Gasteiger partial charge on any atom is 0.246 e. The number of amides is 2. The third-order valence-corrected chi connectivity index (χ3v) is 3.54. The highest BCUT2D eigenvalue weighted by molar-refractivity contribution is 6.05. The maximum absolute atomic E-state index is 11.8. The number of nitrogens with zero attached hydrogens (tertiary/aromatic N) is 1. The van der Waals surface area contributed by atoms with Crippen LogP contribution >= 0.6 is 0 Å². The van der Waals surface area contributed by atoms with Crippen LogP contribution in [0, 0.1) is 0 Å². The summed E-state index contributed by atoms with van der Waals surface area (Å²) in [6.07, 6.45) is 0.149. The van der Waals surface area contributed by atoms with Gasteiger partial charge < -0.3 is 9.84 Å². The molecule has 1 heterocycles. The van der Waals surface area contributed by atoms with Crippen LogP contribution in [0.25, 0.3) is 0 Å². The molecule has 1 aliphatic rings. The van der Waals surface area contributed by atoms with Gasteiger partial charge in [-0.1, -0.05) is 6.07 Å². The Bertz CT molecular complexity index is 544. The van der Waals surface area contributed by atoms with Gasteiger partial charge in [-0.3, -0.25) is 19.8 Å². The summed E-state index contributed by atoms with van der Waals surface area (Å²) in [5.74, 6) is 0.216. The highest BCUT2D eigenvalue weighted by Crippen LogP contribution is 2.29. The molecule has 2 N–H and O–H groups in total. The summed E-state index contributed by atoms with van der Waals surface area (Å²) in [4.78, 5) is 24.4. The van der Waals surface area contributed by atoms with E-state index in [4.69, 9.17) is 4.74 Å². The van der Waals surface area contributed by atoms with Crippen molar-refractivity contribution < 1.29 is 19.4 Å². The zero-order chi connectivity index (χ0) is 14.9. The first-order chi connectivity index (χ1) is 9.43. The second-order valence-corrected chi connectivity index (χ2v) is 4.86. The average Bonchev–Trinajstić information content (AvgIpc) is 2.66. The summed E-state index contributed by atoms with van der Waals surface area (Å²) >= 11 is 0. The van der Waals surface area contributed by atoms with Crippen LogP contribution in [0.2, 0.25) is 0 Å². The van der Waals surface area contributed by atoms with E-state index in [1.54, 1.807) is 12.1 Å². The molecule has 108 valence electrons. The van der Waals surface area contributed by atoms with Crippen molar-refractivity contribution in [2.75, 3.05) is 14.2 Å². The summed E-state index contributed by atoms with van der Waals surface area (Å²) < 4.78 is 5.02. The molecule has 0 saturated carbocycles. The molecule has 20 heavy (non-hydrogen) atoms. The van der Waals surface area contributed by atoms with Gasteiger partial charge >= 0.3 is 0 Å². The van der Waals surface area contributed by atoms with E-state index < -0.39 is 6.04 Å². The Kier molecular flexibility index (Phi) is 3.94. The Labute approximate surface area is 117 Å². The number of hydrogen-bond donors (Lipinski definition) is 2. The van der Waals surface area contributed by atoms with Gasteiger partial charge in [-0.2, -0.15) is 0 Å². The predicted octanol–water partition coefficient (Wildman–Crippen LogP) is 0.809. The molecular formula is C14H18N2O4. The van der Waals surface area contributed by atoms with Gasteiger partial charge in [-0.25, -0.2) is 0 Å². The number of aromatic hydroxyl groups is 1. The van der Waals surface area contributed by atoms with Crippen LogP contribution in [0.1, 0.15) is 24.9 Å². The van der Waals surface area contributed by atoms with Crippen LogP contribution in [0.3, 0.4) is 0 Å². The number of hydrogen-bond acceptors (Lipinski definition) is 5. The fourth-order valence-corrected chi connectivity index (χ4v) is 2.29. The van der Waals surface area contributed by atoms with Gasteiger partial charge in [0.1, 0.15) is 11.5 Å². The number of likely N-dealkylation sites (tertiary alicyclic amines) is 1. The van der Waals surface area contributed by atoms with E-state index in [1.165, 1.54) is 20.2 Å². The van der Waals surface area contributed by atoms with Crippen molar-refractivity contribution in [2.24, 2.45) is 0 Å². The van der Waals surface area contributed by atoms with Crippen LogP contribution in [0.15, 0.2) is 18.2 Å². The van der Waals surface area contributed by atoms with Crippen LogP contribution in [0.4, 0.5) is 0 Å². The van der Waals surface area contributed by atoms with Gasteiger partial charge in [0.15, 0.2) is 0 Å². The molecule has 6 heteroatoms. The van der Waals surface area contributed by atoms with Crippen LogP contribution < -0.4 is 10.1 Å². The summed E-state index contributed by atoms with van der Waals surface area (Å²) in [5, 5.41) is 13.0. The topological polar surface area (TPSA) is 78.9 Å². The molecule has 1 fully saturated rings. The van der Waals surface area contributed by atoms with E-state index in [9.17, 15) is 14.7 Å². The molecule has 0 spiro atoms. The third kappa shape index (κ3) is 2.60. The normalized spacial score (nSPS) is 20.4.